The lowest BCUT2D eigenvalue weighted by atomic mass is 10.0. The summed E-state index contributed by atoms with van der Waals surface area (Å²) in [6, 6.07) is 9.90. The molecule has 0 bridgehead atoms. The van der Waals surface area contributed by atoms with Crippen molar-refractivity contribution in [1.29, 1.82) is 0 Å². The molecule has 25 heavy (non-hydrogen) atoms. The molecule has 0 aromatic heterocycles. The molecule has 0 aliphatic carbocycles. The van der Waals surface area contributed by atoms with Gasteiger partial charge in [-0.15, -0.1) is 0 Å². The molecular weight excluding hydrogens is 320 g/mol. The van der Waals surface area contributed by atoms with Crippen molar-refractivity contribution in [2.75, 3.05) is 17.2 Å². The molecule has 0 saturated heterocycles. The maximum atomic E-state index is 12.2. The van der Waals surface area contributed by atoms with Gasteiger partial charge >= 0.3 is 5.97 Å². The van der Waals surface area contributed by atoms with Gasteiger partial charge in [0.05, 0.1) is 17.8 Å². The number of benzene rings is 2. The number of nitrogens with one attached hydrogen (secondary N) is 2. The van der Waals surface area contributed by atoms with Crippen LogP contribution in [0.4, 0.5) is 11.4 Å². The van der Waals surface area contributed by atoms with Crippen LogP contribution >= 0.6 is 0 Å². The molecule has 130 valence electrons. The van der Waals surface area contributed by atoms with Gasteiger partial charge in [-0.2, -0.15) is 0 Å². The first-order chi connectivity index (χ1) is 11.8. The summed E-state index contributed by atoms with van der Waals surface area (Å²) in [7, 11) is 0. The molecule has 0 aliphatic rings. The molecule has 0 unspecified atom stereocenters. The van der Waals surface area contributed by atoms with Crippen molar-refractivity contribution in [1.82, 2.24) is 0 Å². The third-order valence-electron chi connectivity index (χ3n) is 3.70. The Morgan fingerprint density at radius 2 is 1.72 bits per heavy atom. The number of Topliss-reactive ketones (excluding diaryl/α,β-unsaturated/α-hetero) is 1. The molecular formula is C19H20N2O4. The van der Waals surface area contributed by atoms with E-state index in [1.807, 2.05) is 26.0 Å². The number of carboxylic acid groups (broad SMARTS) is 1. The minimum atomic E-state index is -1.11. The highest BCUT2D eigenvalue weighted by atomic mass is 16.4. The van der Waals surface area contributed by atoms with Crippen molar-refractivity contribution in [3.63, 3.8) is 0 Å². The Hall–Kier alpha value is -3.15. The molecule has 0 atom stereocenters. The number of carbonyl (C=O) groups excluding carboxylic acids is 2. The predicted octanol–water partition coefficient (Wildman–Crippen LogP) is 3.25. The molecule has 1 amide bonds. The standard InChI is InChI=1S/C19H20N2O4/c1-11-8-12(2)18(13(3)22)16(9-11)20-10-17(23)21-15-7-5-4-6-14(15)19(24)25/h4-9,20H,10H2,1-3H3,(H,21,23)(H,24,25). The maximum absolute atomic E-state index is 12.2. The largest absolute Gasteiger partial charge is 0.478 e. The lowest BCUT2D eigenvalue weighted by Crippen LogP contribution is -2.23. The third kappa shape index (κ3) is 4.44. The average molecular weight is 340 g/mol. The molecule has 2 rings (SSSR count). The zero-order valence-electron chi connectivity index (χ0n) is 14.3. The van der Waals surface area contributed by atoms with Crippen molar-refractivity contribution < 1.29 is 19.5 Å². The smallest absolute Gasteiger partial charge is 0.337 e. The second-order valence-electron chi connectivity index (χ2n) is 5.81. The summed E-state index contributed by atoms with van der Waals surface area (Å²) < 4.78 is 0. The van der Waals surface area contributed by atoms with E-state index in [0.717, 1.165) is 11.1 Å². The molecule has 2 aromatic carbocycles. The van der Waals surface area contributed by atoms with Crippen LogP contribution in [-0.2, 0) is 4.79 Å². The number of hydrogen-bond donors (Lipinski definition) is 3. The monoisotopic (exact) mass is 340 g/mol. The van der Waals surface area contributed by atoms with Crippen molar-refractivity contribution in [3.05, 3.63) is 58.7 Å². The molecule has 6 nitrogen and oxygen atoms in total. The number of rotatable bonds is 6. The Morgan fingerprint density at radius 3 is 2.36 bits per heavy atom. The normalized spacial score (nSPS) is 10.2. The first kappa shape index (κ1) is 18.2. The second-order valence-corrected chi connectivity index (χ2v) is 5.81. The van der Waals surface area contributed by atoms with E-state index in [4.69, 9.17) is 5.11 Å². The number of hydrogen-bond acceptors (Lipinski definition) is 4. The molecule has 0 fully saturated rings. The van der Waals surface area contributed by atoms with Crippen LogP contribution in [-0.4, -0.2) is 29.3 Å². The van der Waals surface area contributed by atoms with E-state index in [-0.39, 0.29) is 23.6 Å². The van der Waals surface area contributed by atoms with Crippen molar-refractivity contribution in [2.24, 2.45) is 0 Å². The fraction of sp³-hybridized carbons (Fsp3) is 0.211. The number of aryl methyl sites for hydroxylation is 2. The summed E-state index contributed by atoms with van der Waals surface area (Å²) in [5.41, 5.74) is 3.20. The van der Waals surface area contributed by atoms with Crippen LogP contribution in [0.1, 0.15) is 38.8 Å². The molecule has 0 heterocycles. The van der Waals surface area contributed by atoms with Gasteiger partial charge in [-0.25, -0.2) is 4.79 Å². The summed E-state index contributed by atoms with van der Waals surface area (Å²) in [6.07, 6.45) is 0. The Balaban J connectivity index is 2.14. The lowest BCUT2D eigenvalue weighted by molar-refractivity contribution is -0.114. The number of ketones is 1. The Morgan fingerprint density at radius 1 is 1.04 bits per heavy atom. The molecule has 0 radical (unpaired) electrons. The highest BCUT2D eigenvalue weighted by molar-refractivity contribution is 6.03. The topological polar surface area (TPSA) is 95.5 Å². The Kier molecular flexibility index (Phi) is 5.54. The van der Waals surface area contributed by atoms with Crippen LogP contribution in [0.5, 0.6) is 0 Å². The van der Waals surface area contributed by atoms with Gasteiger partial charge in [-0.1, -0.05) is 18.2 Å². The van der Waals surface area contributed by atoms with E-state index < -0.39 is 11.9 Å². The van der Waals surface area contributed by atoms with Crippen LogP contribution in [0, 0.1) is 13.8 Å². The van der Waals surface area contributed by atoms with Crippen molar-refractivity contribution >= 4 is 29.0 Å². The molecule has 0 spiro atoms. The average Bonchev–Trinajstić information content (AvgIpc) is 2.52. The predicted molar refractivity (Wildman–Crippen MR) is 96.4 cm³/mol. The zero-order chi connectivity index (χ0) is 18.6. The van der Waals surface area contributed by atoms with Crippen LogP contribution in [0.25, 0.3) is 0 Å². The molecule has 0 saturated carbocycles. The zero-order valence-corrected chi connectivity index (χ0v) is 14.3. The SMILES string of the molecule is CC(=O)c1c(C)cc(C)cc1NCC(=O)Nc1ccccc1C(=O)O. The lowest BCUT2D eigenvalue weighted by Gasteiger charge is -2.14. The summed E-state index contributed by atoms with van der Waals surface area (Å²) in [5, 5.41) is 14.7. The fourth-order valence-corrected chi connectivity index (χ4v) is 2.72. The van der Waals surface area contributed by atoms with Gasteiger partial charge in [0.2, 0.25) is 5.91 Å². The fourth-order valence-electron chi connectivity index (χ4n) is 2.72. The Bertz CT molecular complexity index is 843. The quantitative estimate of drug-likeness (QED) is 0.702. The summed E-state index contributed by atoms with van der Waals surface area (Å²) in [4.78, 5) is 35.2. The van der Waals surface area contributed by atoms with E-state index in [1.165, 1.54) is 19.1 Å². The van der Waals surface area contributed by atoms with Crippen molar-refractivity contribution in [3.8, 4) is 0 Å². The number of para-hydroxylation sites is 1. The molecule has 0 aliphatic heterocycles. The molecule has 3 N–H and O–H groups in total. The molecule has 2 aromatic rings. The highest BCUT2D eigenvalue weighted by Crippen LogP contribution is 2.22. The van der Waals surface area contributed by atoms with E-state index in [9.17, 15) is 14.4 Å². The summed E-state index contributed by atoms with van der Waals surface area (Å²) >= 11 is 0. The van der Waals surface area contributed by atoms with Gasteiger partial charge in [0.15, 0.2) is 5.78 Å². The van der Waals surface area contributed by atoms with Gasteiger partial charge in [0, 0.05) is 11.3 Å². The minimum Gasteiger partial charge on any atom is -0.478 e. The first-order valence-corrected chi connectivity index (χ1v) is 7.78. The number of anilines is 2. The van der Waals surface area contributed by atoms with E-state index in [1.54, 1.807) is 12.1 Å². The van der Waals surface area contributed by atoms with Crippen LogP contribution in [0.3, 0.4) is 0 Å². The van der Waals surface area contributed by atoms with Gasteiger partial charge < -0.3 is 15.7 Å². The van der Waals surface area contributed by atoms with Gasteiger partial charge in [0.25, 0.3) is 0 Å². The van der Waals surface area contributed by atoms with Gasteiger partial charge in [-0.3, -0.25) is 9.59 Å². The number of aromatic carboxylic acids is 1. The van der Waals surface area contributed by atoms with Crippen LogP contribution < -0.4 is 10.6 Å². The van der Waals surface area contributed by atoms with Crippen LogP contribution in [0.2, 0.25) is 0 Å². The Labute approximate surface area is 145 Å². The second kappa shape index (κ2) is 7.61. The third-order valence-corrected chi connectivity index (χ3v) is 3.70. The number of amides is 1. The summed E-state index contributed by atoms with van der Waals surface area (Å²) in [5.74, 6) is -1.60. The van der Waals surface area contributed by atoms with E-state index in [0.29, 0.717) is 11.3 Å². The van der Waals surface area contributed by atoms with Gasteiger partial charge in [0.1, 0.15) is 0 Å². The number of carbonyl (C=O) groups is 3. The van der Waals surface area contributed by atoms with E-state index in [2.05, 4.69) is 10.6 Å². The summed E-state index contributed by atoms with van der Waals surface area (Å²) in [6.45, 7) is 5.15. The molecule has 6 heteroatoms. The van der Waals surface area contributed by atoms with E-state index >= 15 is 0 Å². The maximum Gasteiger partial charge on any atom is 0.337 e. The van der Waals surface area contributed by atoms with Gasteiger partial charge in [-0.05, 0) is 50.1 Å². The van der Waals surface area contributed by atoms with Crippen molar-refractivity contribution in [2.45, 2.75) is 20.8 Å². The highest BCUT2D eigenvalue weighted by Gasteiger charge is 2.14. The van der Waals surface area contributed by atoms with Crippen LogP contribution in [0.15, 0.2) is 36.4 Å². The minimum absolute atomic E-state index is 0.0201. The first-order valence-electron chi connectivity index (χ1n) is 7.78. The number of carboxylic acids is 1.